The Morgan fingerprint density at radius 3 is 2.56 bits per heavy atom. The number of rotatable bonds is 5. The number of nitrogens with one attached hydrogen (secondary N) is 2. The lowest BCUT2D eigenvalue weighted by Crippen LogP contribution is -2.41. The minimum Gasteiger partial charge on any atom is -0.454 e. The van der Waals surface area contributed by atoms with Crippen molar-refractivity contribution < 1.29 is 28.2 Å². The lowest BCUT2D eigenvalue weighted by Gasteiger charge is -2.30. The molecule has 5 rings (SSSR count). The maximum absolute atomic E-state index is 13.5. The largest absolute Gasteiger partial charge is 0.454 e. The molecular formula is C24H22FN5O5S. The van der Waals surface area contributed by atoms with Crippen LogP contribution in [0.15, 0.2) is 36.4 Å². The van der Waals surface area contributed by atoms with E-state index in [0.717, 1.165) is 16.9 Å². The Labute approximate surface area is 209 Å². The van der Waals surface area contributed by atoms with Crippen molar-refractivity contribution in [3.8, 4) is 11.5 Å². The molecule has 0 atom stereocenters. The number of carbonyl (C=O) groups excluding carboxylic acids is 3. The number of piperidine rings is 1. The standard InChI is InChI=1S/C24H22FN5O5S/c1-13-2-3-15(25)10-17(13)27-20(31)14-6-8-30(9-7-14)24(33)23-29-28-22(36-23)21(32)26-16-4-5-18-19(11-16)35-12-34-18/h2-5,10-11,14H,6-9,12H2,1H3,(H,26,32)(H,27,31). The van der Waals surface area contributed by atoms with Crippen LogP contribution in [-0.2, 0) is 4.79 Å². The van der Waals surface area contributed by atoms with Gasteiger partial charge in [-0.3, -0.25) is 14.4 Å². The number of halogens is 1. The SMILES string of the molecule is Cc1ccc(F)cc1NC(=O)C1CCN(C(=O)c2nnc(C(=O)Nc3ccc4c(c3)OCO4)s2)CC1. The number of benzene rings is 2. The highest BCUT2D eigenvalue weighted by Crippen LogP contribution is 2.34. The van der Waals surface area contributed by atoms with Crippen LogP contribution >= 0.6 is 11.3 Å². The fourth-order valence-electron chi connectivity index (χ4n) is 4.00. The second-order valence-electron chi connectivity index (χ2n) is 8.45. The zero-order valence-corrected chi connectivity index (χ0v) is 20.1. The predicted molar refractivity (Wildman–Crippen MR) is 129 cm³/mol. The van der Waals surface area contributed by atoms with E-state index in [1.165, 1.54) is 12.1 Å². The van der Waals surface area contributed by atoms with Gasteiger partial charge in [-0.2, -0.15) is 0 Å². The van der Waals surface area contributed by atoms with Crippen LogP contribution in [0.1, 0.15) is 38.0 Å². The Balaban J connectivity index is 1.15. The Morgan fingerprint density at radius 2 is 1.75 bits per heavy atom. The fourth-order valence-corrected chi connectivity index (χ4v) is 4.71. The Morgan fingerprint density at radius 1 is 1.00 bits per heavy atom. The topological polar surface area (TPSA) is 123 Å². The molecule has 3 amide bonds. The molecule has 2 N–H and O–H groups in total. The summed E-state index contributed by atoms with van der Waals surface area (Å²) >= 11 is 0.903. The van der Waals surface area contributed by atoms with E-state index < -0.39 is 11.7 Å². The van der Waals surface area contributed by atoms with E-state index in [1.807, 2.05) is 0 Å². The molecule has 36 heavy (non-hydrogen) atoms. The molecule has 1 fully saturated rings. The first-order valence-electron chi connectivity index (χ1n) is 11.3. The number of ether oxygens (including phenoxy) is 2. The Bertz CT molecular complexity index is 1340. The highest BCUT2D eigenvalue weighted by Gasteiger charge is 2.30. The van der Waals surface area contributed by atoms with E-state index in [2.05, 4.69) is 20.8 Å². The molecule has 12 heteroatoms. The van der Waals surface area contributed by atoms with Gasteiger partial charge in [0.1, 0.15) is 5.82 Å². The van der Waals surface area contributed by atoms with Crippen LogP contribution < -0.4 is 20.1 Å². The van der Waals surface area contributed by atoms with E-state index in [9.17, 15) is 18.8 Å². The normalized spacial score (nSPS) is 15.0. The van der Waals surface area contributed by atoms with Crippen LogP contribution in [0.2, 0.25) is 0 Å². The monoisotopic (exact) mass is 511 g/mol. The second kappa shape index (κ2) is 9.90. The van der Waals surface area contributed by atoms with Crippen LogP contribution in [0.3, 0.4) is 0 Å². The van der Waals surface area contributed by atoms with Gasteiger partial charge >= 0.3 is 0 Å². The van der Waals surface area contributed by atoms with Crippen molar-refractivity contribution in [2.75, 3.05) is 30.5 Å². The average Bonchev–Trinajstić information content (AvgIpc) is 3.56. The molecule has 0 radical (unpaired) electrons. The minimum absolute atomic E-state index is 0.0516. The lowest BCUT2D eigenvalue weighted by atomic mass is 9.95. The molecule has 2 aromatic carbocycles. The molecule has 2 aliphatic rings. The van der Waals surface area contributed by atoms with Gasteiger partial charge < -0.3 is 25.0 Å². The quantitative estimate of drug-likeness (QED) is 0.538. The summed E-state index contributed by atoms with van der Waals surface area (Å²) in [6.07, 6.45) is 0.921. The zero-order chi connectivity index (χ0) is 25.2. The van der Waals surface area contributed by atoms with Gasteiger partial charge in [0.15, 0.2) is 11.5 Å². The van der Waals surface area contributed by atoms with Crippen molar-refractivity contribution in [3.63, 3.8) is 0 Å². The van der Waals surface area contributed by atoms with Crippen molar-refractivity contribution in [2.24, 2.45) is 5.92 Å². The number of anilines is 2. The third-order valence-corrected chi connectivity index (χ3v) is 6.95. The smallest absolute Gasteiger partial charge is 0.286 e. The highest BCUT2D eigenvalue weighted by molar-refractivity contribution is 7.15. The van der Waals surface area contributed by atoms with Gasteiger partial charge in [0.05, 0.1) is 0 Å². The van der Waals surface area contributed by atoms with Crippen molar-refractivity contribution >= 4 is 40.4 Å². The molecule has 3 aromatic rings. The van der Waals surface area contributed by atoms with E-state index in [1.54, 1.807) is 36.1 Å². The van der Waals surface area contributed by atoms with Crippen LogP contribution in [0.25, 0.3) is 0 Å². The molecular weight excluding hydrogens is 489 g/mol. The molecule has 2 aliphatic heterocycles. The van der Waals surface area contributed by atoms with Gasteiger partial charge in [0.25, 0.3) is 11.8 Å². The first-order chi connectivity index (χ1) is 17.4. The van der Waals surface area contributed by atoms with Crippen LogP contribution in [-0.4, -0.2) is 52.7 Å². The van der Waals surface area contributed by atoms with Crippen LogP contribution in [0, 0.1) is 18.7 Å². The van der Waals surface area contributed by atoms with Gasteiger partial charge in [0, 0.05) is 36.4 Å². The summed E-state index contributed by atoms with van der Waals surface area (Å²) in [5, 5.41) is 13.4. The maximum atomic E-state index is 13.5. The molecule has 3 heterocycles. The summed E-state index contributed by atoms with van der Waals surface area (Å²) in [5.41, 5.74) is 1.71. The molecule has 0 spiro atoms. The number of hydrogen-bond acceptors (Lipinski definition) is 8. The summed E-state index contributed by atoms with van der Waals surface area (Å²) in [7, 11) is 0. The number of fused-ring (bicyclic) bond motifs is 1. The number of likely N-dealkylation sites (tertiary alicyclic amines) is 1. The summed E-state index contributed by atoms with van der Waals surface area (Å²) in [5.74, 6) is -0.616. The summed E-state index contributed by atoms with van der Waals surface area (Å²) in [4.78, 5) is 39.7. The molecule has 0 bridgehead atoms. The van der Waals surface area contributed by atoms with E-state index in [-0.39, 0.29) is 34.5 Å². The number of nitrogens with zero attached hydrogens (tertiary/aromatic N) is 3. The zero-order valence-electron chi connectivity index (χ0n) is 19.2. The number of amides is 3. The maximum Gasteiger partial charge on any atom is 0.286 e. The first-order valence-corrected chi connectivity index (χ1v) is 12.1. The Hall–Kier alpha value is -4.06. The number of hydrogen-bond donors (Lipinski definition) is 2. The molecule has 0 aliphatic carbocycles. The summed E-state index contributed by atoms with van der Waals surface area (Å²) < 4.78 is 24.1. The fraction of sp³-hybridized carbons (Fsp3) is 0.292. The van der Waals surface area contributed by atoms with E-state index in [0.29, 0.717) is 48.8 Å². The van der Waals surface area contributed by atoms with Gasteiger partial charge in [-0.05, 0) is 49.6 Å². The molecule has 0 unspecified atom stereocenters. The predicted octanol–water partition coefficient (Wildman–Crippen LogP) is 3.46. The Kier molecular flexibility index (Phi) is 6.51. The molecule has 0 saturated carbocycles. The molecule has 1 saturated heterocycles. The minimum atomic E-state index is -0.492. The van der Waals surface area contributed by atoms with Gasteiger partial charge in [-0.15, -0.1) is 10.2 Å². The van der Waals surface area contributed by atoms with Crippen LogP contribution in [0.5, 0.6) is 11.5 Å². The van der Waals surface area contributed by atoms with Crippen molar-refractivity contribution in [2.45, 2.75) is 19.8 Å². The second-order valence-corrected chi connectivity index (χ2v) is 9.43. The van der Waals surface area contributed by atoms with Crippen LogP contribution in [0.4, 0.5) is 15.8 Å². The average molecular weight is 512 g/mol. The first kappa shape index (κ1) is 23.7. The van der Waals surface area contributed by atoms with Crippen molar-refractivity contribution in [1.29, 1.82) is 0 Å². The number of carbonyl (C=O) groups is 3. The number of aryl methyl sites for hydroxylation is 1. The third kappa shape index (κ3) is 4.98. The lowest BCUT2D eigenvalue weighted by molar-refractivity contribution is -0.121. The molecule has 186 valence electrons. The van der Waals surface area contributed by atoms with Gasteiger partial charge in [-0.1, -0.05) is 17.4 Å². The van der Waals surface area contributed by atoms with Crippen molar-refractivity contribution in [1.82, 2.24) is 15.1 Å². The summed E-state index contributed by atoms with van der Waals surface area (Å²) in [6.45, 7) is 2.64. The van der Waals surface area contributed by atoms with Gasteiger partial charge in [0.2, 0.25) is 22.7 Å². The summed E-state index contributed by atoms with van der Waals surface area (Å²) in [6, 6.07) is 9.25. The third-order valence-electron chi connectivity index (χ3n) is 6.04. The van der Waals surface area contributed by atoms with E-state index >= 15 is 0 Å². The van der Waals surface area contributed by atoms with Crippen molar-refractivity contribution in [3.05, 3.63) is 57.8 Å². The highest BCUT2D eigenvalue weighted by atomic mass is 32.1. The molecule has 1 aromatic heterocycles. The van der Waals surface area contributed by atoms with Gasteiger partial charge in [-0.25, -0.2) is 4.39 Å². The molecule has 10 nitrogen and oxygen atoms in total. The number of aromatic nitrogens is 2. The van der Waals surface area contributed by atoms with E-state index in [4.69, 9.17) is 9.47 Å².